The quantitative estimate of drug-likeness (QED) is 0.0855. The second kappa shape index (κ2) is 14.9. The van der Waals surface area contributed by atoms with Crippen molar-refractivity contribution in [3.63, 3.8) is 0 Å². The molecule has 11 heteroatoms. The summed E-state index contributed by atoms with van der Waals surface area (Å²) in [6.07, 6.45) is -2.35. The smallest absolute Gasteiger partial charge is 0.453 e. The summed E-state index contributed by atoms with van der Waals surface area (Å²) in [4.78, 5) is 28.6. The molecule has 3 aromatic carbocycles. The third kappa shape index (κ3) is 8.92. The predicted molar refractivity (Wildman–Crippen MR) is 172 cm³/mol. The van der Waals surface area contributed by atoms with Crippen LogP contribution in [-0.4, -0.2) is 31.1 Å². The molecule has 0 atom stereocenters. The molecule has 0 aliphatic rings. The van der Waals surface area contributed by atoms with Gasteiger partial charge >= 0.3 is 12.1 Å². The number of carbonyl (C=O) groups is 1. The second-order valence-corrected chi connectivity index (χ2v) is 12.0. The Bertz CT molecular complexity index is 1740. The molecule has 0 unspecified atom stereocenters. The van der Waals surface area contributed by atoms with Gasteiger partial charge in [-0.05, 0) is 72.0 Å². The summed E-state index contributed by atoms with van der Waals surface area (Å²) in [5.74, 6) is -2.38. The standard InChI is InChI=1S/C35H35ClF3NO6/c1-21(2)18-40(19-22(3)4)20-28-29(45-30(41)17-8-23-6-11-25(43-5)12-7-23)16-15-27-31(42)33(34(35(37,38)39)46-32(27)28)44-26-13-9-24(36)10-14-26/h6-17,21-22H,18-20H2,1-5H3/b17-8+. The van der Waals surface area contributed by atoms with Gasteiger partial charge in [0.1, 0.15) is 22.8 Å². The SMILES string of the molecule is COc1ccc(/C=C/C(=O)Oc2ccc3c(=O)c(Oc4ccc(Cl)cc4)c(C(F)(F)F)oc3c2CN(CC(C)C)CC(C)C)cc1. The third-order valence-corrected chi connectivity index (χ3v) is 6.99. The number of hydrogen-bond acceptors (Lipinski definition) is 7. The lowest BCUT2D eigenvalue weighted by Gasteiger charge is -2.27. The second-order valence-electron chi connectivity index (χ2n) is 11.6. The molecule has 0 spiro atoms. The van der Waals surface area contributed by atoms with Crippen molar-refractivity contribution in [2.45, 2.75) is 40.4 Å². The van der Waals surface area contributed by atoms with Crippen molar-refractivity contribution < 1.29 is 36.6 Å². The average Bonchev–Trinajstić information content (AvgIpc) is 2.98. The van der Waals surface area contributed by atoms with Crippen LogP contribution in [0.4, 0.5) is 13.2 Å². The molecule has 0 N–H and O–H groups in total. The highest BCUT2D eigenvalue weighted by molar-refractivity contribution is 6.30. The molecule has 0 saturated carbocycles. The zero-order valence-electron chi connectivity index (χ0n) is 26.1. The highest BCUT2D eigenvalue weighted by Crippen LogP contribution is 2.40. The lowest BCUT2D eigenvalue weighted by molar-refractivity contribution is -0.154. The number of halogens is 4. The van der Waals surface area contributed by atoms with E-state index in [1.165, 1.54) is 48.6 Å². The van der Waals surface area contributed by atoms with Gasteiger partial charge < -0.3 is 18.6 Å². The first-order chi connectivity index (χ1) is 21.7. The Morgan fingerprint density at radius 2 is 1.54 bits per heavy atom. The summed E-state index contributed by atoms with van der Waals surface area (Å²) >= 11 is 5.90. The molecule has 4 aromatic rings. The third-order valence-electron chi connectivity index (χ3n) is 6.74. The molecule has 0 radical (unpaired) electrons. The number of fused-ring (bicyclic) bond motifs is 1. The fourth-order valence-electron chi connectivity index (χ4n) is 4.91. The summed E-state index contributed by atoms with van der Waals surface area (Å²) in [5.41, 5.74) is -0.541. The topological polar surface area (TPSA) is 78.2 Å². The van der Waals surface area contributed by atoms with Gasteiger partial charge in [0.15, 0.2) is 0 Å². The highest BCUT2D eigenvalue weighted by Gasteiger charge is 2.41. The molecule has 0 amide bonds. The summed E-state index contributed by atoms with van der Waals surface area (Å²) in [6, 6.07) is 15.1. The lowest BCUT2D eigenvalue weighted by Crippen LogP contribution is -2.31. The normalized spacial score (nSPS) is 12.1. The van der Waals surface area contributed by atoms with Gasteiger partial charge in [0.25, 0.3) is 5.76 Å². The van der Waals surface area contributed by atoms with Crippen molar-refractivity contribution in [1.29, 1.82) is 0 Å². The predicted octanol–water partition coefficient (Wildman–Crippen LogP) is 9.00. The summed E-state index contributed by atoms with van der Waals surface area (Å²) in [7, 11) is 1.54. The molecule has 7 nitrogen and oxygen atoms in total. The Morgan fingerprint density at radius 1 is 0.935 bits per heavy atom. The Kier molecular flexibility index (Phi) is 11.2. The summed E-state index contributed by atoms with van der Waals surface area (Å²) in [5, 5.41) is 0.182. The van der Waals surface area contributed by atoms with Crippen LogP contribution in [-0.2, 0) is 17.5 Å². The van der Waals surface area contributed by atoms with E-state index in [0.29, 0.717) is 29.4 Å². The van der Waals surface area contributed by atoms with Gasteiger partial charge in [-0.15, -0.1) is 0 Å². The van der Waals surface area contributed by atoms with Crippen LogP contribution in [0.1, 0.15) is 44.6 Å². The Labute approximate surface area is 270 Å². The molecule has 46 heavy (non-hydrogen) atoms. The first-order valence-corrected chi connectivity index (χ1v) is 15.0. The van der Waals surface area contributed by atoms with Crippen molar-refractivity contribution >= 4 is 34.6 Å². The van der Waals surface area contributed by atoms with Gasteiger partial charge in [-0.1, -0.05) is 51.4 Å². The van der Waals surface area contributed by atoms with Gasteiger partial charge in [-0.25, -0.2) is 4.79 Å². The fourth-order valence-corrected chi connectivity index (χ4v) is 5.03. The maximum absolute atomic E-state index is 14.4. The van der Waals surface area contributed by atoms with Crippen molar-refractivity contribution in [3.8, 4) is 23.0 Å². The fraction of sp³-hybridized carbons (Fsp3) is 0.314. The van der Waals surface area contributed by atoms with Crippen molar-refractivity contribution in [3.05, 3.63) is 98.9 Å². The van der Waals surface area contributed by atoms with Crippen LogP contribution < -0.4 is 19.6 Å². The molecule has 1 heterocycles. The number of esters is 1. The summed E-state index contributed by atoms with van der Waals surface area (Å²) in [6.45, 7) is 9.30. The van der Waals surface area contributed by atoms with Gasteiger partial charge in [0, 0.05) is 30.7 Å². The van der Waals surface area contributed by atoms with Gasteiger partial charge in [0.05, 0.1) is 18.1 Å². The van der Waals surface area contributed by atoms with E-state index in [0.717, 1.165) is 0 Å². The van der Waals surface area contributed by atoms with E-state index in [1.54, 1.807) is 31.4 Å². The Balaban J connectivity index is 1.84. The van der Waals surface area contributed by atoms with Gasteiger partial charge in [0.2, 0.25) is 11.2 Å². The van der Waals surface area contributed by atoms with E-state index in [4.69, 9.17) is 30.2 Å². The van der Waals surface area contributed by atoms with Crippen molar-refractivity contribution in [2.75, 3.05) is 20.2 Å². The number of ether oxygens (including phenoxy) is 3. The van der Waals surface area contributed by atoms with E-state index in [-0.39, 0.29) is 46.4 Å². The van der Waals surface area contributed by atoms with E-state index < -0.39 is 29.1 Å². The minimum atomic E-state index is -5.09. The monoisotopic (exact) mass is 657 g/mol. The minimum absolute atomic E-state index is 0.0305. The van der Waals surface area contributed by atoms with Crippen LogP contribution in [0.25, 0.3) is 17.0 Å². The lowest BCUT2D eigenvalue weighted by atomic mass is 10.1. The molecule has 1 aromatic heterocycles. The van der Waals surface area contributed by atoms with Crippen LogP contribution >= 0.6 is 11.6 Å². The van der Waals surface area contributed by atoms with Crippen LogP contribution in [0, 0.1) is 11.8 Å². The Morgan fingerprint density at radius 3 is 2.11 bits per heavy atom. The molecular weight excluding hydrogens is 623 g/mol. The first kappa shape index (κ1) is 34.6. The number of rotatable bonds is 12. The van der Waals surface area contributed by atoms with Crippen LogP contribution in [0.5, 0.6) is 23.0 Å². The van der Waals surface area contributed by atoms with Gasteiger partial charge in [-0.2, -0.15) is 13.2 Å². The molecule has 0 aliphatic heterocycles. The number of nitrogens with zero attached hydrogens (tertiary/aromatic N) is 1. The zero-order chi connectivity index (χ0) is 33.6. The number of carbonyl (C=O) groups excluding carboxylic acids is 1. The van der Waals surface area contributed by atoms with E-state index in [9.17, 15) is 22.8 Å². The molecular formula is C35H35ClF3NO6. The minimum Gasteiger partial charge on any atom is -0.497 e. The molecule has 0 fully saturated rings. The number of alkyl halides is 3. The zero-order valence-corrected chi connectivity index (χ0v) is 26.9. The van der Waals surface area contributed by atoms with Gasteiger partial charge in [-0.3, -0.25) is 9.69 Å². The molecule has 244 valence electrons. The van der Waals surface area contributed by atoms with E-state index in [2.05, 4.69) is 0 Å². The maximum atomic E-state index is 14.4. The molecule has 0 aliphatic carbocycles. The molecule has 0 bridgehead atoms. The van der Waals surface area contributed by atoms with Crippen LogP contribution in [0.2, 0.25) is 5.02 Å². The molecule has 4 rings (SSSR count). The largest absolute Gasteiger partial charge is 0.497 e. The average molecular weight is 658 g/mol. The summed E-state index contributed by atoms with van der Waals surface area (Å²) < 4.78 is 65.1. The number of hydrogen-bond donors (Lipinski definition) is 0. The van der Waals surface area contributed by atoms with Crippen LogP contribution in [0.3, 0.4) is 0 Å². The van der Waals surface area contributed by atoms with Crippen molar-refractivity contribution in [2.24, 2.45) is 11.8 Å². The van der Waals surface area contributed by atoms with Crippen molar-refractivity contribution in [1.82, 2.24) is 4.90 Å². The maximum Gasteiger partial charge on any atom is 0.453 e. The number of benzene rings is 3. The molecule has 0 saturated heterocycles. The highest BCUT2D eigenvalue weighted by atomic mass is 35.5. The Hall–Kier alpha value is -4.28. The first-order valence-electron chi connectivity index (χ1n) is 14.6. The van der Waals surface area contributed by atoms with Crippen LogP contribution in [0.15, 0.2) is 76.0 Å². The van der Waals surface area contributed by atoms with E-state index in [1.807, 2.05) is 32.6 Å². The van der Waals surface area contributed by atoms with E-state index >= 15 is 0 Å². The number of methoxy groups -OCH3 is 1.